The standard InChI is InChI=1S/C23H32N2O6S/c1-7-17(4)25(23(26)24-19-10-8-9-11-20(19)29-5)15-18-12-13-21(30-6)22(14-18)31-32(27,28)16(2)3/h8-14,16-17H,7,15H2,1-6H3,(H,24,26)/t17-/m0/s1. The van der Waals surface area contributed by atoms with Gasteiger partial charge in [-0.15, -0.1) is 0 Å². The van der Waals surface area contributed by atoms with Crippen LogP contribution in [0.1, 0.15) is 39.7 Å². The number of benzene rings is 2. The number of para-hydroxylation sites is 2. The highest BCUT2D eigenvalue weighted by atomic mass is 32.2. The number of anilines is 1. The third kappa shape index (κ3) is 6.29. The Morgan fingerprint density at radius 1 is 1.00 bits per heavy atom. The number of amides is 2. The Balaban J connectivity index is 2.32. The van der Waals surface area contributed by atoms with Crippen LogP contribution in [0.2, 0.25) is 0 Å². The molecule has 1 atom stereocenters. The number of hydrogen-bond donors (Lipinski definition) is 1. The summed E-state index contributed by atoms with van der Waals surface area (Å²) >= 11 is 0. The Labute approximate surface area is 190 Å². The Morgan fingerprint density at radius 2 is 1.66 bits per heavy atom. The van der Waals surface area contributed by atoms with Gasteiger partial charge in [-0.05, 0) is 57.0 Å². The first-order valence-electron chi connectivity index (χ1n) is 10.4. The number of rotatable bonds is 10. The fourth-order valence-corrected chi connectivity index (χ4v) is 3.46. The van der Waals surface area contributed by atoms with Crippen LogP contribution >= 0.6 is 0 Å². The number of methoxy groups -OCH3 is 2. The molecule has 0 saturated heterocycles. The molecular weight excluding hydrogens is 432 g/mol. The molecule has 0 heterocycles. The maximum absolute atomic E-state index is 13.1. The Hall–Kier alpha value is -2.94. The van der Waals surface area contributed by atoms with Crippen LogP contribution in [0.15, 0.2) is 42.5 Å². The van der Waals surface area contributed by atoms with E-state index in [1.165, 1.54) is 7.11 Å². The second-order valence-corrected chi connectivity index (χ2v) is 9.72. The molecule has 0 radical (unpaired) electrons. The normalized spacial score (nSPS) is 12.2. The topological polar surface area (TPSA) is 94.2 Å². The van der Waals surface area contributed by atoms with Crippen molar-refractivity contribution in [2.75, 3.05) is 19.5 Å². The average Bonchev–Trinajstić information content (AvgIpc) is 2.77. The molecule has 0 aliphatic carbocycles. The van der Waals surface area contributed by atoms with Crippen molar-refractivity contribution in [2.24, 2.45) is 0 Å². The summed E-state index contributed by atoms with van der Waals surface area (Å²) in [6.45, 7) is 7.27. The van der Waals surface area contributed by atoms with Gasteiger partial charge in [-0.1, -0.05) is 25.1 Å². The average molecular weight is 465 g/mol. The molecule has 8 nitrogen and oxygen atoms in total. The van der Waals surface area contributed by atoms with Crippen LogP contribution in [0.25, 0.3) is 0 Å². The third-order valence-corrected chi connectivity index (χ3v) is 6.66. The lowest BCUT2D eigenvalue weighted by Crippen LogP contribution is -2.40. The lowest BCUT2D eigenvalue weighted by atomic mass is 10.1. The van der Waals surface area contributed by atoms with Crippen molar-refractivity contribution < 1.29 is 26.9 Å². The van der Waals surface area contributed by atoms with Crippen molar-refractivity contribution in [1.82, 2.24) is 4.90 Å². The molecule has 2 aromatic carbocycles. The number of nitrogens with one attached hydrogen (secondary N) is 1. The van der Waals surface area contributed by atoms with Gasteiger partial charge in [-0.2, -0.15) is 8.42 Å². The summed E-state index contributed by atoms with van der Waals surface area (Å²) in [4.78, 5) is 14.8. The minimum absolute atomic E-state index is 0.0735. The van der Waals surface area contributed by atoms with Gasteiger partial charge in [-0.3, -0.25) is 0 Å². The predicted molar refractivity (Wildman–Crippen MR) is 125 cm³/mol. The maximum atomic E-state index is 13.1. The van der Waals surface area contributed by atoms with Gasteiger partial charge in [0.05, 0.1) is 25.2 Å². The summed E-state index contributed by atoms with van der Waals surface area (Å²) in [5.74, 6) is 0.948. The van der Waals surface area contributed by atoms with Gasteiger partial charge in [0.25, 0.3) is 0 Å². The monoisotopic (exact) mass is 464 g/mol. The van der Waals surface area contributed by atoms with Crippen LogP contribution in [-0.2, 0) is 16.7 Å². The van der Waals surface area contributed by atoms with E-state index in [-0.39, 0.29) is 24.4 Å². The number of nitrogens with zero attached hydrogens (tertiary/aromatic N) is 1. The maximum Gasteiger partial charge on any atom is 0.322 e. The van der Waals surface area contributed by atoms with E-state index in [9.17, 15) is 13.2 Å². The van der Waals surface area contributed by atoms with Crippen molar-refractivity contribution in [3.63, 3.8) is 0 Å². The first-order valence-corrected chi connectivity index (χ1v) is 11.9. The first kappa shape index (κ1) is 25.3. The molecule has 0 spiro atoms. The Bertz CT molecular complexity index is 1020. The molecule has 0 aliphatic rings. The fraction of sp³-hybridized carbons (Fsp3) is 0.435. The lowest BCUT2D eigenvalue weighted by Gasteiger charge is -2.29. The van der Waals surface area contributed by atoms with Crippen molar-refractivity contribution in [1.29, 1.82) is 0 Å². The second-order valence-electron chi connectivity index (χ2n) is 7.63. The van der Waals surface area contributed by atoms with E-state index in [4.69, 9.17) is 13.7 Å². The molecule has 32 heavy (non-hydrogen) atoms. The molecule has 0 aromatic heterocycles. The smallest absolute Gasteiger partial charge is 0.322 e. The molecule has 2 amide bonds. The van der Waals surface area contributed by atoms with Crippen molar-refractivity contribution in [2.45, 2.75) is 52.0 Å². The van der Waals surface area contributed by atoms with E-state index < -0.39 is 15.4 Å². The quantitative estimate of drug-likeness (QED) is 0.514. The first-order chi connectivity index (χ1) is 15.1. The summed E-state index contributed by atoms with van der Waals surface area (Å²) < 4.78 is 40.4. The summed E-state index contributed by atoms with van der Waals surface area (Å²) in [5.41, 5.74) is 1.27. The zero-order valence-electron chi connectivity index (χ0n) is 19.4. The van der Waals surface area contributed by atoms with Crippen molar-refractivity contribution >= 4 is 21.8 Å². The second kappa shape index (κ2) is 11.1. The minimum Gasteiger partial charge on any atom is -0.495 e. The van der Waals surface area contributed by atoms with Crippen LogP contribution in [0.5, 0.6) is 17.2 Å². The number of hydrogen-bond acceptors (Lipinski definition) is 6. The number of carbonyl (C=O) groups excluding carboxylic acids is 1. The number of carbonyl (C=O) groups is 1. The van der Waals surface area contributed by atoms with Crippen molar-refractivity contribution in [3.05, 3.63) is 48.0 Å². The Morgan fingerprint density at radius 3 is 2.25 bits per heavy atom. The highest BCUT2D eigenvalue weighted by molar-refractivity contribution is 7.87. The molecule has 0 unspecified atom stereocenters. The molecular formula is C23H32N2O6S. The van der Waals surface area contributed by atoms with Crippen LogP contribution in [0.3, 0.4) is 0 Å². The minimum atomic E-state index is -3.80. The van der Waals surface area contributed by atoms with E-state index in [0.717, 1.165) is 6.42 Å². The Kier molecular flexibility index (Phi) is 8.77. The summed E-state index contributed by atoms with van der Waals surface area (Å²) in [5, 5.41) is 2.19. The van der Waals surface area contributed by atoms with Gasteiger partial charge in [0, 0.05) is 12.6 Å². The van der Waals surface area contributed by atoms with Gasteiger partial charge in [-0.25, -0.2) is 4.79 Å². The predicted octanol–water partition coefficient (Wildman–Crippen LogP) is 4.65. The number of ether oxygens (including phenoxy) is 2. The van der Waals surface area contributed by atoms with E-state index in [2.05, 4.69) is 5.32 Å². The van der Waals surface area contributed by atoms with E-state index >= 15 is 0 Å². The van der Waals surface area contributed by atoms with Crippen LogP contribution in [0, 0.1) is 0 Å². The largest absolute Gasteiger partial charge is 0.495 e. The molecule has 176 valence electrons. The van der Waals surface area contributed by atoms with Crippen LogP contribution in [-0.4, -0.2) is 44.9 Å². The molecule has 2 rings (SSSR count). The van der Waals surface area contributed by atoms with Gasteiger partial charge in [0.2, 0.25) is 0 Å². The lowest BCUT2D eigenvalue weighted by molar-refractivity contribution is 0.187. The summed E-state index contributed by atoms with van der Waals surface area (Å²) in [6.07, 6.45) is 0.737. The molecule has 0 saturated carbocycles. The van der Waals surface area contributed by atoms with E-state index in [1.54, 1.807) is 56.2 Å². The van der Waals surface area contributed by atoms with E-state index in [0.29, 0.717) is 22.7 Å². The zero-order valence-corrected chi connectivity index (χ0v) is 20.2. The van der Waals surface area contributed by atoms with Gasteiger partial charge in [0.1, 0.15) is 5.75 Å². The van der Waals surface area contributed by atoms with Crippen LogP contribution < -0.4 is 19.0 Å². The number of urea groups is 1. The highest BCUT2D eigenvalue weighted by Gasteiger charge is 2.23. The van der Waals surface area contributed by atoms with Gasteiger partial charge >= 0.3 is 16.1 Å². The van der Waals surface area contributed by atoms with Crippen LogP contribution in [0.4, 0.5) is 10.5 Å². The molecule has 0 fully saturated rings. The zero-order chi connectivity index (χ0) is 23.9. The third-order valence-electron chi connectivity index (χ3n) is 5.10. The van der Waals surface area contributed by atoms with Gasteiger partial charge in [0.15, 0.2) is 11.5 Å². The fourth-order valence-electron chi connectivity index (χ4n) is 2.89. The molecule has 0 aliphatic heterocycles. The highest BCUT2D eigenvalue weighted by Crippen LogP contribution is 2.31. The van der Waals surface area contributed by atoms with Gasteiger partial charge < -0.3 is 23.9 Å². The summed E-state index contributed by atoms with van der Waals surface area (Å²) in [6, 6.07) is 11.8. The molecule has 9 heteroatoms. The van der Waals surface area contributed by atoms with Crippen molar-refractivity contribution in [3.8, 4) is 17.2 Å². The summed E-state index contributed by atoms with van der Waals surface area (Å²) in [7, 11) is -0.818. The SMILES string of the molecule is CC[C@H](C)N(Cc1ccc(OC)c(OS(=O)(=O)C(C)C)c1)C(=O)Nc1ccccc1OC. The molecule has 2 aromatic rings. The molecule has 1 N–H and O–H groups in total. The molecule has 0 bridgehead atoms. The van der Waals surface area contributed by atoms with E-state index in [1.807, 2.05) is 26.0 Å².